The number of rotatable bonds is 8. The van der Waals surface area contributed by atoms with Crippen LogP contribution in [0.15, 0.2) is 91.0 Å². The topological polar surface area (TPSA) is 47.9 Å². The number of hydrogen-bond acceptors (Lipinski definition) is 4. The van der Waals surface area contributed by atoms with Crippen molar-refractivity contribution >= 4 is 18.7 Å². The summed E-state index contributed by atoms with van der Waals surface area (Å²) in [6.45, 7) is 11.7. The lowest BCUT2D eigenvalue weighted by atomic mass is 9.88. The predicted molar refractivity (Wildman–Crippen MR) is 148 cm³/mol. The largest absolute Gasteiger partial charge is 0.405 e. The lowest BCUT2D eigenvalue weighted by Crippen LogP contribution is -2.68. The van der Waals surface area contributed by atoms with E-state index in [0.717, 1.165) is 5.56 Å². The Balaban J connectivity index is 1.60. The highest BCUT2D eigenvalue weighted by Crippen LogP contribution is 2.38. The number of aliphatic hydroxyl groups excluding tert-OH is 1. The molecule has 0 radical (unpaired) electrons. The summed E-state index contributed by atoms with van der Waals surface area (Å²) < 4.78 is 19.7. The zero-order chi connectivity index (χ0) is 25.8. The Kier molecular flexibility index (Phi) is 8.48. The van der Waals surface area contributed by atoms with Crippen molar-refractivity contribution in [2.45, 2.75) is 70.7 Å². The first-order valence-electron chi connectivity index (χ1n) is 13.0. The highest BCUT2D eigenvalue weighted by Gasteiger charge is 2.51. The van der Waals surface area contributed by atoms with E-state index in [1.807, 2.05) is 42.5 Å². The summed E-state index contributed by atoms with van der Waals surface area (Å²) >= 11 is 0. The second-order valence-electron chi connectivity index (χ2n) is 11.0. The SMILES string of the molecule is CC1[C@H](C)OC(CO[Si](c2ccccc2)(c2ccccc2)C(C)(C)C)[C@H](O)[C@@H]1OCc1ccccc1. The average Bonchev–Trinajstić information content (AvgIpc) is 2.88. The molecular formula is C31H40O4Si. The second kappa shape index (κ2) is 11.4. The molecule has 4 nitrogen and oxygen atoms in total. The van der Waals surface area contributed by atoms with Gasteiger partial charge in [-0.1, -0.05) is 119 Å². The van der Waals surface area contributed by atoms with Crippen LogP contribution in [0.4, 0.5) is 0 Å². The number of benzene rings is 3. The summed E-state index contributed by atoms with van der Waals surface area (Å²) in [6.07, 6.45) is -1.64. The van der Waals surface area contributed by atoms with Crippen LogP contribution in [0.25, 0.3) is 0 Å². The lowest BCUT2D eigenvalue weighted by Gasteiger charge is -2.46. The third-order valence-corrected chi connectivity index (χ3v) is 12.5. The first kappa shape index (κ1) is 26.8. The first-order chi connectivity index (χ1) is 17.2. The van der Waals surface area contributed by atoms with Gasteiger partial charge in [0.05, 0.1) is 25.4 Å². The molecule has 36 heavy (non-hydrogen) atoms. The van der Waals surface area contributed by atoms with Crippen molar-refractivity contribution in [1.29, 1.82) is 0 Å². The van der Waals surface area contributed by atoms with Gasteiger partial charge in [0.15, 0.2) is 0 Å². The van der Waals surface area contributed by atoms with E-state index >= 15 is 0 Å². The molecule has 4 rings (SSSR count). The normalized spacial score (nSPS) is 25.0. The molecule has 3 aromatic carbocycles. The Morgan fingerprint density at radius 1 is 0.806 bits per heavy atom. The van der Waals surface area contributed by atoms with E-state index in [9.17, 15) is 5.11 Å². The molecule has 5 heteroatoms. The molecule has 1 heterocycles. The molecule has 192 valence electrons. The van der Waals surface area contributed by atoms with Gasteiger partial charge < -0.3 is 19.0 Å². The molecule has 0 aliphatic carbocycles. The maximum absolute atomic E-state index is 11.4. The maximum atomic E-state index is 11.4. The van der Waals surface area contributed by atoms with Crippen LogP contribution in [0.5, 0.6) is 0 Å². The van der Waals surface area contributed by atoms with Crippen LogP contribution >= 0.6 is 0 Å². The summed E-state index contributed by atoms with van der Waals surface area (Å²) in [6, 6.07) is 31.2. The van der Waals surface area contributed by atoms with Gasteiger partial charge in [-0.05, 0) is 27.9 Å². The van der Waals surface area contributed by atoms with Gasteiger partial charge in [0.2, 0.25) is 0 Å². The van der Waals surface area contributed by atoms with E-state index in [-0.39, 0.29) is 23.2 Å². The monoisotopic (exact) mass is 504 g/mol. The molecule has 2 unspecified atom stereocenters. The zero-order valence-corrected chi connectivity index (χ0v) is 23.1. The number of hydrogen-bond donors (Lipinski definition) is 1. The maximum Gasteiger partial charge on any atom is 0.261 e. The summed E-state index contributed by atoms with van der Waals surface area (Å²) in [5.74, 6) is 0.0628. The van der Waals surface area contributed by atoms with Crippen LogP contribution < -0.4 is 10.4 Å². The van der Waals surface area contributed by atoms with Crippen LogP contribution in [0, 0.1) is 5.92 Å². The van der Waals surface area contributed by atoms with Gasteiger partial charge in [0.1, 0.15) is 12.2 Å². The minimum atomic E-state index is -2.73. The molecule has 1 aliphatic rings. The molecule has 5 atom stereocenters. The quantitative estimate of drug-likeness (QED) is 0.442. The van der Waals surface area contributed by atoms with Crippen molar-refractivity contribution in [3.05, 3.63) is 96.6 Å². The fourth-order valence-electron chi connectivity index (χ4n) is 5.39. The highest BCUT2D eigenvalue weighted by atomic mass is 28.4. The first-order valence-corrected chi connectivity index (χ1v) is 14.9. The Labute approximate surface area is 217 Å². The van der Waals surface area contributed by atoms with Crippen molar-refractivity contribution in [3.8, 4) is 0 Å². The van der Waals surface area contributed by atoms with Crippen molar-refractivity contribution in [1.82, 2.24) is 0 Å². The van der Waals surface area contributed by atoms with E-state index in [4.69, 9.17) is 13.9 Å². The fourth-order valence-corrected chi connectivity index (χ4v) is 9.96. The van der Waals surface area contributed by atoms with Crippen molar-refractivity contribution in [2.75, 3.05) is 6.61 Å². The zero-order valence-electron chi connectivity index (χ0n) is 22.1. The van der Waals surface area contributed by atoms with Crippen LogP contribution in [-0.2, 0) is 20.5 Å². The Hall–Kier alpha value is -2.28. The van der Waals surface area contributed by atoms with E-state index in [1.54, 1.807) is 0 Å². The molecule has 0 saturated carbocycles. The minimum absolute atomic E-state index is 0.0538. The second-order valence-corrected chi connectivity index (χ2v) is 15.3. The summed E-state index contributed by atoms with van der Waals surface area (Å²) in [5, 5.41) is 13.7. The van der Waals surface area contributed by atoms with Crippen molar-refractivity contribution in [2.24, 2.45) is 5.92 Å². The Morgan fingerprint density at radius 3 is 1.81 bits per heavy atom. The van der Waals surface area contributed by atoms with Crippen LogP contribution in [-0.4, -0.2) is 44.4 Å². The smallest absolute Gasteiger partial charge is 0.261 e. The van der Waals surface area contributed by atoms with Gasteiger partial charge >= 0.3 is 0 Å². The van der Waals surface area contributed by atoms with Gasteiger partial charge in [0, 0.05) is 5.92 Å². The molecule has 1 saturated heterocycles. The average molecular weight is 505 g/mol. The van der Waals surface area contributed by atoms with E-state index in [1.165, 1.54) is 10.4 Å². The van der Waals surface area contributed by atoms with Gasteiger partial charge in [-0.25, -0.2) is 0 Å². The molecule has 1 aliphatic heterocycles. The third-order valence-electron chi connectivity index (χ3n) is 7.53. The van der Waals surface area contributed by atoms with Gasteiger partial charge in [0.25, 0.3) is 8.32 Å². The summed E-state index contributed by atoms with van der Waals surface area (Å²) in [5.41, 5.74) is 1.09. The molecule has 0 bridgehead atoms. The van der Waals surface area contributed by atoms with Gasteiger partial charge in [-0.2, -0.15) is 0 Å². The molecule has 0 aromatic heterocycles. The Morgan fingerprint density at radius 2 is 1.31 bits per heavy atom. The van der Waals surface area contributed by atoms with E-state index in [2.05, 4.69) is 83.1 Å². The van der Waals surface area contributed by atoms with E-state index < -0.39 is 20.5 Å². The minimum Gasteiger partial charge on any atom is -0.405 e. The number of ether oxygens (including phenoxy) is 2. The predicted octanol–water partition coefficient (Wildman–Crippen LogP) is 4.93. The standard InChI is InChI=1S/C31H40O4Si/c1-23-24(2)35-28(29(32)30(23)33-21-25-15-9-6-10-16-25)22-34-36(31(3,4)5,26-17-11-7-12-18-26)27-19-13-8-14-20-27/h6-20,23-24,28-30,32H,21-22H2,1-5H3/t23?,24-,28?,29-,30+/m0/s1. The molecule has 0 spiro atoms. The molecule has 0 amide bonds. The summed E-state index contributed by atoms with van der Waals surface area (Å²) in [4.78, 5) is 0. The Bertz CT molecular complexity index is 1030. The van der Waals surface area contributed by atoms with Crippen molar-refractivity contribution < 1.29 is 19.0 Å². The summed E-state index contributed by atoms with van der Waals surface area (Å²) in [7, 11) is -2.73. The van der Waals surface area contributed by atoms with Crippen LogP contribution in [0.1, 0.15) is 40.2 Å². The number of aliphatic hydroxyl groups is 1. The van der Waals surface area contributed by atoms with Crippen LogP contribution in [0.3, 0.4) is 0 Å². The fraction of sp³-hybridized carbons (Fsp3) is 0.419. The van der Waals surface area contributed by atoms with Crippen LogP contribution in [0.2, 0.25) is 5.04 Å². The molecule has 3 aromatic rings. The van der Waals surface area contributed by atoms with E-state index in [0.29, 0.717) is 13.2 Å². The molecular weight excluding hydrogens is 464 g/mol. The lowest BCUT2D eigenvalue weighted by molar-refractivity contribution is -0.215. The highest BCUT2D eigenvalue weighted by molar-refractivity contribution is 6.99. The van der Waals surface area contributed by atoms with Crippen molar-refractivity contribution in [3.63, 3.8) is 0 Å². The third kappa shape index (κ3) is 5.51. The molecule has 1 N–H and O–H groups in total. The molecule has 1 fully saturated rings. The van der Waals surface area contributed by atoms with Gasteiger partial charge in [-0.3, -0.25) is 0 Å². The van der Waals surface area contributed by atoms with Gasteiger partial charge in [-0.15, -0.1) is 0 Å².